The third-order valence-corrected chi connectivity index (χ3v) is 8.31. The molecule has 2 rings (SSSR count). The summed E-state index contributed by atoms with van der Waals surface area (Å²) in [7, 11) is 0. The average molecular weight is 722 g/mol. The first-order chi connectivity index (χ1) is 23.6. The number of nitrogens with two attached hydrogens (primary N) is 3. The van der Waals surface area contributed by atoms with E-state index in [1.165, 1.54) is 11.8 Å². The summed E-state index contributed by atoms with van der Waals surface area (Å²) in [5, 5.41) is 22.0. The van der Waals surface area contributed by atoms with Crippen molar-refractivity contribution in [3.05, 3.63) is 35.9 Å². The van der Waals surface area contributed by atoms with Crippen LogP contribution in [0.5, 0.6) is 0 Å². The lowest BCUT2D eigenvalue weighted by atomic mass is 10.0. The van der Waals surface area contributed by atoms with E-state index in [-0.39, 0.29) is 57.4 Å². The Morgan fingerprint density at radius 2 is 1.48 bits per heavy atom. The lowest BCUT2D eigenvalue weighted by Gasteiger charge is -2.29. The second-order valence-corrected chi connectivity index (χ2v) is 12.2. The van der Waals surface area contributed by atoms with Gasteiger partial charge >= 0.3 is 12.0 Å². The molecule has 19 heteroatoms. The minimum atomic E-state index is -1.39. The summed E-state index contributed by atoms with van der Waals surface area (Å²) in [5.41, 5.74) is 16.8. The Bertz CT molecular complexity index is 1380. The van der Waals surface area contributed by atoms with Crippen LogP contribution in [0.3, 0.4) is 0 Å². The van der Waals surface area contributed by atoms with Crippen molar-refractivity contribution < 1.29 is 43.5 Å². The van der Waals surface area contributed by atoms with E-state index in [1.54, 1.807) is 30.3 Å². The Hall–Kier alpha value is -4.91. The first-order valence-electron chi connectivity index (χ1n) is 16.1. The predicted octanol–water partition coefficient (Wildman–Crippen LogP) is -2.77. The number of aliphatic carboxylic acids is 1. The molecular weight excluding hydrogens is 674 g/mol. The van der Waals surface area contributed by atoms with Gasteiger partial charge in [-0.2, -0.15) is 12.6 Å². The standard InChI is InChI=1S/C31H47N9O9S/c1-17(25(42)39-22(15-18-7-3-2-4-8-18)29(46)40-14-6-10-23(40)30(47)48)36-27(44)21(11-12-24(33)41)38-28(45)20(9-5-13-35-31(34)49)37-26(43)19(32)16-50/h2-4,7-8,17,19-23,50H,5-6,9-16,32H2,1H3,(H2,33,41)(H,36,44)(H,37,43)(H,38,45)(H,39,42)(H,47,48)(H3,34,35,49)/t17-,19-,20-,21-,22-,23-/m0/s1. The lowest BCUT2D eigenvalue weighted by molar-refractivity contribution is -0.149. The summed E-state index contributed by atoms with van der Waals surface area (Å²) in [6.07, 6.45) is 0.409. The van der Waals surface area contributed by atoms with Crippen molar-refractivity contribution in [2.24, 2.45) is 17.2 Å². The number of hydrogen-bond acceptors (Lipinski definition) is 10. The highest BCUT2D eigenvalue weighted by atomic mass is 32.1. The number of carbonyl (C=O) groups is 8. The highest BCUT2D eigenvalue weighted by molar-refractivity contribution is 7.80. The molecular formula is C31H47N9O9S. The van der Waals surface area contributed by atoms with Crippen molar-refractivity contribution in [1.29, 1.82) is 0 Å². The first kappa shape index (κ1) is 41.3. The van der Waals surface area contributed by atoms with Gasteiger partial charge in [-0.05, 0) is 44.6 Å². The van der Waals surface area contributed by atoms with Gasteiger partial charge in [0.05, 0.1) is 6.04 Å². The van der Waals surface area contributed by atoms with Gasteiger partial charge in [0, 0.05) is 31.7 Å². The molecule has 0 spiro atoms. The van der Waals surface area contributed by atoms with Gasteiger partial charge in [0.1, 0.15) is 30.2 Å². The monoisotopic (exact) mass is 721 g/mol. The van der Waals surface area contributed by atoms with Crippen LogP contribution < -0.4 is 43.8 Å². The topological polar surface area (TPSA) is 298 Å². The average Bonchev–Trinajstić information content (AvgIpc) is 3.57. The van der Waals surface area contributed by atoms with E-state index in [9.17, 15) is 43.5 Å². The molecule has 0 aromatic heterocycles. The molecule has 1 aromatic rings. The summed E-state index contributed by atoms with van der Waals surface area (Å²) in [4.78, 5) is 102. The number of thiol groups is 1. The van der Waals surface area contributed by atoms with Crippen LogP contribution in [0, 0.1) is 0 Å². The number of hydrogen-bond donors (Lipinski definition) is 10. The van der Waals surface area contributed by atoms with E-state index in [2.05, 4.69) is 39.2 Å². The van der Waals surface area contributed by atoms with Gasteiger partial charge in [0.15, 0.2) is 0 Å². The molecule has 50 heavy (non-hydrogen) atoms. The number of nitrogens with zero attached hydrogens (tertiary/aromatic N) is 1. The molecule has 0 bridgehead atoms. The smallest absolute Gasteiger partial charge is 0.326 e. The van der Waals surface area contributed by atoms with Crippen molar-refractivity contribution in [1.82, 2.24) is 31.5 Å². The SMILES string of the molecule is C[C@H](NC(=O)[C@H](CCC(N)=O)NC(=O)[C@H](CCCNC(N)=O)NC(=O)[C@@H](N)CS)C(=O)N[C@@H](Cc1ccccc1)C(=O)N1CCC[C@H]1C(=O)O. The zero-order valence-corrected chi connectivity index (χ0v) is 28.7. The molecule has 1 saturated heterocycles. The zero-order chi connectivity index (χ0) is 37.4. The normalized spacial score (nSPS) is 16.9. The van der Waals surface area contributed by atoms with E-state index in [0.717, 1.165) is 0 Å². The van der Waals surface area contributed by atoms with Gasteiger partial charge in [0.25, 0.3) is 0 Å². The second-order valence-electron chi connectivity index (χ2n) is 11.9. The molecule has 18 nitrogen and oxygen atoms in total. The van der Waals surface area contributed by atoms with Crippen LogP contribution in [-0.2, 0) is 40.0 Å². The number of rotatable bonds is 20. The largest absolute Gasteiger partial charge is 0.480 e. The number of carboxylic acid groups (broad SMARTS) is 1. The maximum absolute atomic E-state index is 13.6. The number of carboxylic acids is 1. The van der Waals surface area contributed by atoms with Gasteiger partial charge in [-0.3, -0.25) is 28.8 Å². The number of likely N-dealkylation sites (tertiary alicyclic amines) is 1. The maximum atomic E-state index is 13.6. The van der Waals surface area contributed by atoms with E-state index < -0.39 is 83.7 Å². The molecule has 1 aromatic carbocycles. The van der Waals surface area contributed by atoms with Crippen molar-refractivity contribution in [2.75, 3.05) is 18.8 Å². The molecule has 6 atom stereocenters. The number of benzene rings is 1. The molecule has 0 aliphatic carbocycles. The van der Waals surface area contributed by atoms with Gasteiger partial charge in [-0.15, -0.1) is 0 Å². The van der Waals surface area contributed by atoms with Crippen LogP contribution in [0.25, 0.3) is 0 Å². The predicted molar refractivity (Wildman–Crippen MR) is 183 cm³/mol. The Morgan fingerprint density at radius 1 is 0.880 bits per heavy atom. The molecule has 12 N–H and O–H groups in total. The van der Waals surface area contributed by atoms with E-state index in [0.29, 0.717) is 12.0 Å². The van der Waals surface area contributed by atoms with E-state index >= 15 is 0 Å². The molecule has 8 amide bonds. The minimum absolute atomic E-state index is 0.00328. The first-order valence-corrected chi connectivity index (χ1v) is 16.7. The maximum Gasteiger partial charge on any atom is 0.326 e. The van der Waals surface area contributed by atoms with Gasteiger partial charge < -0.3 is 53.8 Å². The van der Waals surface area contributed by atoms with Crippen LogP contribution in [0.1, 0.15) is 51.0 Å². The Balaban J connectivity index is 2.21. The quantitative estimate of drug-likeness (QED) is 0.0489. The summed E-state index contributed by atoms with van der Waals surface area (Å²) < 4.78 is 0. The number of carbonyl (C=O) groups excluding carboxylic acids is 7. The lowest BCUT2D eigenvalue weighted by Crippen LogP contribution is -2.59. The molecule has 1 aliphatic heterocycles. The van der Waals surface area contributed by atoms with Gasteiger partial charge in [-0.25, -0.2) is 9.59 Å². The van der Waals surface area contributed by atoms with Gasteiger partial charge in [-0.1, -0.05) is 30.3 Å². The Morgan fingerprint density at radius 3 is 2.08 bits per heavy atom. The molecule has 0 radical (unpaired) electrons. The molecule has 1 fully saturated rings. The third kappa shape index (κ3) is 13.5. The summed E-state index contributed by atoms with van der Waals surface area (Å²) in [6, 6.07) is 0.856. The number of urea groups is 1. The highest BCUT2D eigenvalue weighted by Crippen LogP contribution is 2.20. The summed E-state index contributed by atoms with van der Waals surface area (Å²) in [5.74, 6) is -5.70. The van der Waals surface area contributed by atoms with E-state index in [4.69, 9.17) is 17.2 Å². The van der Waals surface area contributed by atoms with Crippen LogP contribution in [0.4, 0.5) is 4.79 Å². The Kier molecular flexibility index (Phi) is 17.0. The second kappa shape index (κ2) is 20.6. The van der Waals surface area contributed by atoms with Crippen molar-refractivity contribution in [3.8, 4) is 0 Å². The summed E-state index contributed by atoms with van der Waals surface area (Å²) >= 11 is 3.98. The van der Waals surface area contributed by atoms with Crippen molar-refractivity contribution in [2.45, 2.75) is 88.1 Å². The fourth-order valence-corrected chi connectivity index (χ4v) is 5.36. The zero-order valence-electron chi connectivity index (χ0n) is 27.8. The number of nitrogens with one attached hydrogen (secondary N) is 5. The van der Waals surface area contributed by atoms with Crippen LogP contribution in [0.2, 0.25) is 0 Å². The van der Waals surface area contributed by atoms with Gasteiger partial charge in [0.2, 0.25) is 35.4 Å². The summed E-state index contributed by atoms with van der Waals surface area (Å²) in [6.45, 7) is 1.62. The molecule has 0 saturated carbocycles. The molecule has 276 valence electrons. The Labute approximate surface area is 294 Å². The fourth-order valence-electron chi connectivity index (χ4n) is 5.19. The molecule has 1 aliphatic rings. The minimum Gasteiger partial charge on any atom is -0.480 e. The van der Waals surface area contributed by atoms with Crippen LogP contribution >= 0.6 is 12.6 Å². The van der Waals surface area contributed by atoms with Crippen molar-refractivity contribution in [3.63, 3.8) is 0 Å². The number of primary amides is 2. The van der Waals surface area contributed by atoms with Crippen LogP contribution in [0.15, 0.2) is 30.3 Å². The fraction of sp³-hybridized carbons (Fsp3) is 0.548. The highest BCUT2D eigenvalue weighted by Gasteiger charge is 2.38. The third-order valence-electron chi connectivity index (χ3n) is 7.92. The van der Waals surface area contributed by atoms with Crippen molar-refractivity contribution >= 4 is 60.1 Å². The molecule has 1 heterocycles. The number of amides is 8. The van der Waals surface area contributed by atoms with E-state index in [1.807, 2.05) is 0 Å². The van der Waals surface area contributed by atoms with Crippen LogP contribution in [-0.4, -0.2) is 113 Å². The molecule has 0 unspecified atom stereocenters.